The first-order valence-electron chi connectivity index (χ1n) is 10.1. The van der Waals surface area contributed by atoms with Crippen LogP contribution in [0.15, 0.2) is 53.6 Å². The van der Waals surface area contributed by atoms with Crippen LogP contribution in [0.1, 0.15) is 31.4 Å². The Kier molecular flexibility index (Phi) is 7.99. The van der Waals surface area contributed by atoms with Crippen LogP contribution < -0.4 is 5.32 Å². The topological polar surface area (TPSA) is 37.3 Å². The molecular weight excluding hydrogens is 428 g/mol. The van der Waals surface area contributed by atoms with Crippen molar-refractivity contribution in [2.45, 2.75) is 31.7 Å². The fourth-order valence-corrected chi connectivity index (χ4v) is 5.12. The molecule has 30 heavy (non-hydrogen) atoms. The molecule has 8 heteroatoms. The van der Waals surface area contributed by atoms with E-state index in [-0.39, 0.29) is 5.56 Å². The van der Waals surface area contributed by atoms with Gasteiger partial charge in [0, 0.05) is 49.9 Å². The molecule has 1 unspecified atom stereocenters. The molecule has 4 nitrogen and oxygen atoms in total. The van der Waals surface area contributed by atoms with Crippen LogP contribution in [0.2, 0.25) is 5.02 Å². The van der Waals surface area contributed by atoms with Gasteiger partial charge in [-0.3, -0.25) is 8.87 Å². The highest BCUT2D eigenvalue weighted by Crippen LogP contribution is 2.34. The van der Waals surface area contributed by atoms with Crippen LogP contribution in [0.25, 0.3) is 10.9 Å². The first-order chi connectivity index (χ1) is 14.6. The van der Waals surface area contributed by atoms with Crippen molar-refractivity contribution in [3.63, 3.8) is 0 Å². The number of rotatable bonds is 5. The lowest BCUT2D eigenvalue weighted by Gasteiger charge is -2.27. The molecule has 1 fully saturated rings. The van der Waals surface area contributed by atoms with Crippen molar-refractivity contribution in [3.05, 3.63) is 64.8 Å². The maximum absolute atomic E-state index is 13.9. The van der Waals surface area contributed by atoms with E-state index in [2.05, 4.69) is 10.2 Å². The molecule has 0 radical (unpaired) electrons. The number of piperazine rings is 1. The smallest absolute Gasteiger partial charge is 0.265 e. The molecule has 4 rings (SSSR count). The number of hydrogen-bond donors (Lipinski definition) is 1. The Labute approximate surface area is 183 Å². The Morgan fingerprint density at radius 3 is 2.47 bits per heavy atom. The number of aromatic nitrogens is 1. The van der Waals surface area contributed by atoms with Crippen LogP contribution in [0.4, 0.5) is 8.78 Å². The zero-order valence-corrected chi connectivity index (χ0v) is 18.6. The van der Waals surface area contributed by atoms with Gasteiger partial charge in [-0.15, -0.1) is 0 Å². The lowest BCUT2D eigenvalue weighted by molar-refractivity contribution is 0.153. The molecule has 0 bridgehead atoms. The third-order valence-electron chi connectivity index (χ3n) is 4.95. The summed E-state index contributed by atoms with van der Waals surface area (Å²) in [6.07, 6.45) is -1.35. The summed E-state index contributed by atoms with van der Waals surface area (Å²) in [6, 6.07) is 12.2. The Morgan fingerprint density at radius 2 is 1.80 bits per heavy atom. The van der Waals surface area contributed by atoms with Crippen LogP contribution in [-0.4, -0.2) is 39.3 Å². The maximum Gasteiger partial charge on any atom is 0.265 e. The zero-order valence-electron chi connectivity index (χ0n) is 17.1. The summed E-state index contributed by atoms with van der Waals surface area (Å²) >= 11 is 6.18. The van der Waals surface area contributed by atoms with Crippen molar-refractivity contribution < 1.29 is 13.0 Å². The highest BCUT2D eigenvalue weighted by molar-refractivity contribution is 7.83. The number of nitrogens with one attached hydrogen (secondary N) is 1. The molecule has 0 spiro atoms. The number of alkyl halides is 2. The van der Waals surface area contributed by atoms with Gasteiger partial charge in [0.15, 0.2) is 11.0 Å². The van der Waals surface area contributed by atoms with Crippen LogP contribution in [0.3, 0.4) is 0 Å². The molecule has 1 aliphatic heterocycles. The molecule has 0 saturated carbocycles. The average molecular weight is 454 g/mol. The zero-order chi connectivity index (χ0) is 21.7. The molecule has 2 heterocycles. The third kappa shape index (κ3) is 4.75. The van der Waals surface area contributed by atoms with E-state index >= 15 is 0 Å². The van der Waals surface area contributed by atoms with Crippen molar-refractivity contribution in [2.75, 3.05) is 26.2 Å². The van der Waals surface area contributed by atoms with E-state index in [9.17, 15) is 13.0 Å². The fraction of sp³-hybridized carbons (Fsp3) is 0.364. The van der Waals surface area contributed by atoms with Gasteiger partial charge in [-0.25, -0.2) is 13.0 Å². The van der Waals surface area contributed by atoms with Crippen molar-refractivity contribution in [1.82, 2.24) is 14.2 Å². The quantitative estimate of drug-likeness (QED) is 0.574. The molecule has 1 saturated heterocycles. The van der Waals surface area contributed by atoms with Gasteiger partial charge in [-0.1, -0.05) is 49.7 Å². The van der Waals surface area contributed by atoms with Gasteiger partial charge in [0.2, 0.25) is 0 Å². The normalized spacial score (nSPS) is 15.8. The van der Waals surface area contributed by atoms with Gasteiger partial charge >= 0.3 is 0 Å². The van der Waals surface area contributed by atoms with Gasteiger partial charge < -0.3 is 5.32 Å². The molecule has 0 aliphatic carbocycles. The Morgan fingerprint density at radius 1 is 1.10 bits per heavy atom. The predicted molar refractivity (Wildman–Crippen MR) is 120 cm³/mol. The van der Waals surface area contributed by atoms with Gasteiger partial charge in [-0.05, 0) is 23.8 Å². The van der Waals surface area contributed by atoms with E-state index in [0.29, 0.717) is 27.4 Å². The van der Waals surface area contributed by atoms with Crippen molar-refractivity contribution in [2.24, 2.45) is 0 Å². The van der Waals surface area contributed by atoms with Gasteiger partial charge in [0.1, 0.15) is 0 Å². The molecule has 162 valence electrons. The molecule has 2 aromatic carbocycles. The number of hydrogen-bond acceptors (Lipinski definition) is 3. The van der Waals surface area contributed by atoms with Crippen molar-refractivity contribution in [3.8, 4) is 0 Å². The minimum Gasteiger partial charge on any atom is -0.314 e. The van der Waals surface area contributed by atoms with E-state index in [1.54, 1.807) is 30.3 Å². The molecule has 1 aromatic heterocycles. The first kappa shape index (κ1) is 22.9. The highest BCUT2D eigenvalue weighted by Gasteiger charge is 2.23. The van der Waals surface area contributed by atoms with Gasteiger partial charge in [0.25, 0.3) is 6.43 Å². The molecule has 1 aliphatic rings. The highest BCUT2D eigenvalue weighted by atomic mass is 35.5. The largest absolute Gasteiger partial charge is 0.314 e. The van der Waals surface area contributed by atoms with E-state index < -0.39 is 17.4 Å². The van der Waals surface area contributed by atoms with E-state index in [0.717, 1.165) is 31.7 Å². The predicted octanol–water partition coefficient (Wildman–Crippen LogP) is 5.23. The van der Waals surface area contributed by atoms with E-state index in [1.165, 1.54) is 10.2 Å². The van der Waals surface area contributed by atoms with Crippen LogP contribution >= 0.6 is 11.6 Å². The van der Waals surface area contributed by atoms with Crippen molar-refractivity contribution in [1.29, 1.82) is 0 Å². The molecular formula is C22H26ClF2N3OS. The van der Waals surface area contributed by atoms with Crippen LogP contribution in [-0.2, 0) is 17.5 Å². The molecule has 1 atom stereocenters. The number of nitrogens with zero attached hydrogens (tertiary/aromatic N) is 2. The minimum atomic E-state index is -2.66. The lowest BCUT2D eigenvalue weighted by atomic mass is 10.1. The maximum atomic E-state index is 13.9. The van der Waals surface area contributed by atoms with Crippen LogP contribution in [0.5, 0.6) is 0 Å². The van der Waals surface area contributed by atoms with E-state index in [1.807, 2.05) is 26.0 Å². The summed E-state index contributed by atoms with van der Waals surface area (Å²) in [5.41, 5.74) is 1.26. The number of fused-ring (bicyclic) bond motifs is 1. The summed E-state index contributed by atoms with van der Waals surface area (Å²) in [7, 11) is -1.72. The second kappa shape index (κ2) is 10.5. The second-order valence-corrected chi connectivity index (χ2v) is 8.47. The van der Waals surface area contributed by atoms with Crippen LogP contribution in [0, 0.1) is 0 Å². The minimum absolute atomic E-state index is 0.0962. The van der Waals surface area contributed by atoms with Crippen molar-refractivity contribution >= 4 is 33.5 Å². The van der Waals surface area contributed by atoms with Gasteiger partial charge in [0.05, 0.1) is 15.4 Å². The average Bonchev–Trinajstić information content (AvgIpc) is 3.17. The first-order valence-corrected chi connectivity index (χ1v) is 11.6. The third-order valence-corrected chi connectivity index (χ3v) is 6.79. The van der Waals surface area contributed by atoms with E-state index in [4.69, 9.17) is 11.6 Å². The number of halogens is 3. The lowest BCUT2D eigenvalue weighted by Crippen LogP contribution is -2.42. The SMILES string of the molecule is CC.O=S(c1ccccc1Cl)n1cc(C(F)F)c2c(CN3CCNCC3)cccc21. The summed E-state index contributed by atoms with van der Waals surface area (Å²) in [4.78, 5) is 2.64. The second-order valence-electron chi connectivity index (χ2n) is 6.73. The molecule has 0 amide bonds. The summed E-state index contributed by atoms with van der Waals surface area (Å²) < 4.78 is 42.3. The molecule has 1 N–H and O–H groups in total. The molecule has 3 aromatic rings. The summed E-state index contributed by atoms with van der Waals surface area (Å²) in [5, 5.41) is 4.12. The summed E-state index contributed by atoms with van der Waals surface area (Å²) in [6.45, 7) is 8.09. The monoisotopic (exact) mass is 453 g/mol. The Hall–Kier alpha value is -1.80. The summed E-state index contributed by atoms with van der Waals surface area (Å²) in [5.74, 6) is 0. The Bertz CT molecular complexity index is 1020. The Balaban J connectivity index is 0.00000124. The number of benzene rings is 2. The fourth-order valence-electron chi connectivity index (χ4n) is 3.60. The standard InChI is InChI=1S/C20H20ClF2N3OS.C2H6/c21-16-5-1-2-7-18(16)28(27)26-13-15(20(22)23)19-14(4-3-6-17(19)26)12-25-10-8-24-9-11-25;1-2/h1-7,13,20,24H,8-12H2;1-2H3. The van der Waals surface area contributed by atoms with Gasteiger partial charge in [-0.2, -0.15) is 0 Å².